The summed E-state index contributed by atoms with van der Waals surface area (Å²) in [4.78, 5) is 21.6. The molecule has 1 amide bonds. The maximum absolute atomic E-state index is 13.4. The van der Waals surface area contributed by atoms with Crippen molar-refractivity contribution in [2.24, 2.45) is 10.9 Å². The molecule has 0 aromatic carbocycles. The minimum atomic E-state index is -2.91. The third kappa shape index (κ3) is 5.44. The summed E-state index contributed by atoms with van der Waals surface area (Å²) in [6.07, 6.45) is 5.20. The Morgan fingerprint density at radius 1 is 1.32 bits per heavy atom. The van der Waals surface area contributed by atoms with E-state index in [9.17, 15) is 13.6 Å². The molecule has 6 heteroatoms. The Morgan fingerprint density at radius 2 is 1.96 bits per heavy atom. The predicted molar refractivity (Wildman–Crippen MR) is 95.3 cm³/mol. The summed E-state index contributed by atoms with van der Waals surface area (Å²) >= 11 is 0. The van der Waals surface area contributed by atoms with E-state index >= 15 is 0 Å². The van der Waals surface area contributed by atoms with E-state index in [1.54, 1.807) is 6.92 Å². The van der Waals surface area contributed by atoms with Gasteiger partial charge in [-0.3, -0.25) is 4.79 Å². The molecule has 0 radical (unpaired) electrons. The van der Waals surface area contributed by atoms with Gasteiger partial charge in [-0.15, -0.1) is 0 Å². The van der Waals surface area contributed by atoms with Gasteiger partial charge in [-0.25, -0.2) is 18.8 Å². The molecule has 2 rings (SSSR count). The second kappa shape index (κ2) is 7.85. The Hall–Kier alpha value is -2.11. The zero-order valence-corrected chi connectivity index (χ0v) is 15.2. The number of allylic oxidation sites excluding steroid dienone is 2. The molecule has 1 aliphatic rings. The normalized spacial score (nSPS) is 17.8. The highest BCUT2D eigenvalue weighted by molar-refractivity contribution is 5.95. The van der Waals surface area contributed by atoms with Gasteiger partial charge in [0.1, 0.15) is 0 Å². The average molecular weight is 349 g/mol. The molecule has 136 valence electrons. The second-order valence-corrected chi connectivity index (χ2v) is 6.71. The van der Waals surface area contributed by atoms with Crippen LogP contribution in [0.15, 0.2) is 35.0 Å². The van der Waals surface area contributed by atoms with E-state index in [0.29, 0.717) is 5.92 Å². The topological polar surface area (TPSA) is 45.6 Å². The predicted octanol–water partition coefficient (Wildman–Crippen LogP) is 4.49. The summed E-state index contributed by atoms with van der Waals surface area (Å²) in [5.41, 5.74) is 1.84. The SMILES string of the molecule is CC(=O)N1CCC(/C(C)=C/C(C)=Nc2cc(C(C)(F)F)ccn2)CC1. The lowest BCUT2D eigenvalue weighted by molar-refractivity contribution is -0.130. The molecule has 2 heterocycles. The van der Waals surface area contributed by atoms with Gasteiger partial charge in [0.15, 0.2) is 5.82 Å². The Bertz CT molecular complexity index is 684. The van der Waals surface area contributed by atoms with Crippen LogP contribution < -0.4 is 0 Å². The summed E-state index contributed by atoms with van der Waals surface area (Å²) in [5, 5.41) is 0. The first kappa shape index (κ1) is 19.2. The van der Waals surface area contributed by atoms with Crippen LogP contribution in [0.5, 0.6) is 0 Å². The third-order valence-electron chi connectivity index (χ3n) is 4.56. The van der Waals surface area contributed by atoms with Crippen molar-refractivity contribution in [3.63, 3.8) is 0 Å². The van der Waals surface area contributed by atoms with Gasteiger partial charge in [0.05, 0.1) is 0 Å². The van der Waals surface area contributed by atoms with Gasteiger partial charge in [-0.2, -0.15) is 0 Å². The van der Waals surface area contributed by atoms with Crippen LogP contribution in [-0.4, -0.2) is 34.6 Å². The van der Waals surface area contributed by atoms with Crippen LogP contribution in [0, 0.1) is 5.92 Å². The first-order chi connectivity index (χ1) is 11.7. The van der Waals surface area contributed by atoms with Crippen molar-refractivity contribution in [3.05, 3.63) is 35.5 Å². The van der Waals surface area contributed by atoms with Gasteiger partial charge in [-0.05, 0) is 50.8 Å². The number of amides is 1. The lowest BCUT2D eigenvalue weighted by Gasteiger charge is -2.31. The van der Waals surface area contributed by atoms with Crippen LogP contribution in [0.1, 0.15) is 46.1 Å². The minimum absolute atomic E-state index is 0.0913. The van der Waals surface area contributed by atoms with Crippen LogP contribution in [0.25, 0.3) is 0 Å². The molecule has 1 aromatic rings. The number of piperidine rings is 1. The molecule has 0 N–H and O–H groups in total. The number of hydrogen-bond donors (Lipinski definition) is 0. The zero-order chi connectivity index (χ0) is 18.6. The summed E-state index contributed by atoms with van der Waals surface area (Å²) in [6.45, 7) is 7.90. The van der Waals surface area contributed by atoms with E-state index in [0.717, 1.165) is 38.6 Å². The van der Waals surface area contributed by atoms with E-state index in [1.807, 2.05) is 17.9 Å². The molecule has 1 aliphatic heterocycles. The highest BCUT2D eigenvalue weighted by Crippen LogP contribution is 2.29. The van der Waals surface area contributed by atoms with E-state index < -0.39 is 5.92 Å². The monoisotopic (exact) mass is 349 g/mol. The standard InChI is InChI=1S/C19H25F2N3O/c1-13(16-6-9-24(10-7-16)15(3)25)11-14(2)23-18-12-17(5-8-22-18)19(4,20)21/h5,8,11-12,16H,6-7,9-10H2,1-4H3/b13-11+,23-14?. The van der Waals surface area contributed by atoms with Crippen LogP contribution in [0.2, 0.25) is 0 Å². The number of aliphatic imine (C=N–C) groups is 1. The number of hydrogen-bond acceptors (Lipinski definition) is 3. The molecule has 0 atom stereocenters. The molecule has 0 saturated carbocycles. The Morgan fingerprint density at radius 3 is 2.52 bits per heavy atom. The van der Waals surface area contributed by atoms with Crippen LogP contribution in [-0.2, 0) is 10.7 Å². The molecule has 0 bridgehead atoms. The highest BCUT2D eigenvalue weighted by atomic mass is 19.3. The largest absolute Gasteiger partial charge is 0.343 e. The molecular formula is C19H25F2N3O. The Labute approximate surface area is 147 Å². The number of halogens is 2. The highest BCUT2D eigenvalue weighted by Gasteiger charge is 2.24. The summed E-state index contributed by atoms with van der Waals surface area (Å²) < 4.78 is 26.8. The van der Waals surface area contributed by atoms with Crippen molar-refractivity contribution in [1.29, 1.82) is 0 Å². The average Bonchev–Trinajstić information content (AvgIpc) is 2.54. The fourth-order valence-corrected chi connectivity index (χ4v) is 3.06. The Balaban J connectivity index is 2.07. The van der Waals surface area contributed by atoms with Gasteiger partial charge in [-0.1, -0.05) is 5.57 Å². The number of nitrogens with zero attached hydrogens (tertiary/aromatic N) is 3. The number of alkyl halides is 2. The smallest absolute Gasteiger partial charge is 0.270 e. The van der Waals surface area contributed by atoms with Crippen molar-refractivity contribution in [1.82, 2.24) is 9.88 Å². The lowest BCUT2D eigenvalue weighted by Crippen LogP contribution is -2.37. The van der Waals surface area contributed by atoms with Gasteiger partial charge >= 0.3 is 0 Å². The van der Waals surface area contributed by atoms with Crippen LogP contribution >= 0.6 is 0 Å². The van der Waals surface area contributed by atoms with E-state index in [-0.39, 0.29) is 17.3 Å². The quantitative estimate of drug-likeness (QED) is 0.752. The number of carbonyl (C=O) groups is 1. The van der Waals surface area contributed by atoms with E-state index in [4.69, 9.17) is 0 Å². The summed E-state index contributed by atoms with van der Waals surface area (Å²) in [5.74, 6) is -2.08. The summed E-state index contributed by atoms with van der Waals surface area (Å²) in [7, 11) is 0. The van der Waals surface area contributed by atoms with Crippen molar-refractivity contribution < 1.29 is 13.6 Å². The van der Waals surface area contributed by atoms with Gasteiger partial charge in [0.2, 0.25) is 5.91 Å². The summed E-state index contributed by atoms with van der Waals surface area (Å²) in [6, 6.07) is 2.62. The molecule has 1 fully saturated rings. The first-order valence-electron chi connectivity index (χ1n) is 8.50. The molecule has 0 unspecified atom stereocenters. The van der Waals surface area contributed by atoms with Crippen molar-refractivity contribution in [2.45, 2.75) is 46.5 Å². The van der Waals surface area contributed by atoms with E-state index in [1.165, 1.54) is 23.9 Å². The maximum Gasteiger partial charge on any atom is 0.270 e. The molecule has 4 nitrogen and oxygen atoms in total. The number of likely N-dealkylation sites (tertiary alicyclic amines) is 1. The van der Waals surface area contributed by atoms with Crippen molar-refractivity contribution >= 4 is 17.4 Å². The van der Waals surface area contributed by atoms with Crippen LogP contribution in [0.4, 0.5) is 14.6 Å². The van der Waals surface area contributed by atoms with Crippen molar-refractivity contribution in [2.75, 3.05) is 13.1 Å². The zero-order valence-electron chi connectivity index (χ0n) is 15.2. The maximum atomic E-state index is 13.4. The number of carbonyl (C=O) groups excluding carboxylic acids is 1. The third-order valence-corrected chi connectivity index (χ3v) is 4.56. The fourth-order valence-electron chi connectivity index (χ4n) is 3.06. The molecule has 0 spiro atoms. The van der Waals surface area contributed by atoms with Crippen LogP contribution in [0.3, 0.4) is 0 Å². The Kier molecular flexibility index (Phi) is 6.03. The van der Waals surface area contributed by atoms with Gasteiger partial charge < -0.3 is 4.90 Å². The lowest BCUT2D eigenvalue weighted by atomic mass is 9.89. The molecule has 1 aromatic heterocycles. The minimum Gasteiger partial charge on any atom is -0.343 e. The number of aromatic nitrogens is 1. The van der Waals surface area contributed by atoms with Gasteiger partial charge in [0.25, 0.3) is 5.92 Å². The fraction of sp³-hybridized carbons (Fsp3) is 0.526. The second-order valence-electron chi connectivity index (χ2n) is 6.71. The van der Waals surface area contributed by atoms with E-state index in [2.05, 4.69) is 16.9 Å². The molecular weight excluding hydrogens is 324 g/mol. The molecule has 0 aliphatic carbocycles. The molecule has 25 heavy (non-hydrogen) atoms. The van der Waals surface area contributed by atoms with Crippen molar-refractivity contribution in [3.8, 4) is 0 Å². The molecule has 1 saturated heterocycles. The van der Waals surface area contributed by atoms with Gasteiger partial charge in [0, 0.05) is 44.4 Å². The first-order valence-corrected chi connectivity index (χ1v) is 8.50. The number of rotatable bonds is 4. The number of pyridine rings is 1.